The molecule has 1 fully saturated rings. The van der Waals surface area contributed by atoms with Gasteiger partial charge >= 0.3 is 0 Å². The van der Waals surface area contributed by atoms with E-state index in [0.717, 1.165) is 41.1 Å². The maximum Gasteiger partial charge on any atom is 0.234 e. The van der Waals surface area contributed by atoms with Crippen LogP contribution in [0.2, 0.25) is 0 Å². The predicted octanol–water partition coefficient (Wildman–Crippen LogP) is 5.28. The summed E-state index contributed by atoms with van der Waals surface area (Å²) in [7, 11) is 0. The van der Waals surface area contributed by atoms with E-state index in [0.29, 0.717) is 11.7 Å². The number of aromatic nitrogens is 3. The minimum absolute atomic E-state index is 0.119. The zero-order chi connectivity index (χ0) is 23.3. The lowest BCUT2D eigenvalue weighted by Gasteiger charge is -2.26. The number of likely N-dealkylation sites (tertiary alicyclic amines) is 1. The fraction of sp³-hybridized carbons (Fsp3) is 0.269. The summed E-state index contributed by atoms with van der Waals surface area (Å²) in [4.78, 5) is 15.1. The molecule has 0 spiro atoms. The monoisotopic (exact) mass is 475 g/mol. The third-order valence-electron chi connectivity index (χ3n) is 5.96. The van der Waals surface area contributed by atoms with Crippen molar-refractivity contribution >= 4 is 34.1 Å². The number of rotatable bonds is 7. The second-order valence-electron chi connectivity index (χ2n) is 8.45. The maximum absolute atomic E-state index is 13.6. The van der Waals surface area contributed by atoms with Crippen molar-refractivity contribution in [2.45, 2.75) is 31.0 Å². The van der Waals surface area contributed by atoms with E-state index in [9.17, 15) is 9.18 Å². The standard InChI is InChI=1S/C26H26FN5OS/c27-21-9-12-23(13-10-21)32-24(17-31-14-4-1-5-15-31)29-30-26(32)34-18-25(33)28-22-11-8-19-6-2-3-7-20(19)16-22/h2-3,6-13,16H,1,4-5,14-15,17-18H2,(H,28,33). The van der Waals surface area contributed by atoms with Crippen LogP contribution in [-0.4, -0.2) is 44.4 Å². The number of amides is 1. The third kappa shape index (κ3) is 5.29. The van der Waals surface area contributed by atoms with Gasteiger partial charge < -0.3 is 5.32 Å². The second kappa shape index (κ2) is 10.4. The molecule has 0 unspecified atom stereocenters. The van der Waals surface area contributed by atoms with Gasteiger partial charge in [0.05, 0.1) is 12.3 Å². The Morgan fingerprint density at radius 3 is 2.50 bits per heavy atom. The molecular formula is C26H26FN5OS. The van der Waals surface area contributed by atoms with Crippen molar-refractivity contribution in [2.75, 3.05) is 24.2 Å². The largest absolute Gasteiger partial charge is 0.325 e. The van der Waals surface area contributed by atoms with Crippen LogP contribution >= 0.6 is 11.8 Å². The van der Waals surface area contributed by atoms with Gasteiger partial charge in [0, 0.05) is 11.4 Å². The first-order valence-electron chi connectivity index (χ1n) is 11.5. The van der Waals surface area contributed by atoms with Crippen LogP contribution in [0.15, 0.2) is 71.9 Å². The minimum Gasteiger partial charge on any atom is -0.325 e. The first kappa shape index (κ1) is 22.6. The average molecular weight is 476 g/mol. The molecule has 0 atom stereocenters. The van der Waals surface area contributed by atoms with Crippen molar-refractivity contribution in [2.24, 2.45) is 0 Å². The zero-order valence-corrected chi connectivity index (χ0v) is 19.6. The van der Waals surface area contributed by atoms with E-state index >= 15 is 0 Å². The molecule has 0 bridgehead atoms. The van der Waals surface area contributed by atoms with E-state index in [1.807, 2.05) is 47.0 Å². The van der Waals surface area contributed by atoms with Gasteiger partial charge in [-0.25, -0.2) is 4.39 Å². The van der Waals surface area contributed by atoms with Crippen LogP contribution in [-0.2, 0) is 11.3 Å². The summed E-state index contributed by atoms with van der Waals surface area (Å²) < 4.78 is 15.5. The van der Waals surface area contributed by atoms with Crippen molar-refractivity contribution < 1.29 is 9.18 Å². The highest BCUT2D eigenvalue weighted by Gasteiger charge is 2.19. The van der Waals surface area contributed by atoms with Gasteiger partial charge in [-0.05, 0) is 73.1 Å². The van der Waals surface area contributed by atoms with Crippen molar-refractivity contribution in [1.82, 2.24) is 19.7 Å². The molecule has 6 nitrogen and oxygen atoms in total. The van der Waals surface area contributed by atoms with Crippen molar-refractivity contribution in [1.29, 1.82) is 0 Å². The predicted molar refractivity (Wildman–Crippen MR) is 134 cm³/mol. The average Bonchev–Trinajstić information content (AvgIpc) is 3.26. The number of piperidine rings is 1. The summed E-state index contributed by atoms with van der Waals surface area (Å²) >= 11 is 1.32. The SMILES string of the molecule is O=C(CSc1nnc(CN2CCCCC2)n1-c1ccc(F)cc1)Nc1ccc2ccccc2c1. The van der Waals surface area contributed by atoms with E-state index in [2.05, 4.69) is 20.4 Å². The number of thioether (sulfide) groups is 1. The number of carbonyl (C=O) groups is 1. The number of halogens is 1. The first-order valence-corrected chi connectivity index (χ1v) is 12.5. The van der Waals surface area contributed by atoms with Gasteiger partial charge in [0.15, 0.2) is 11.0 Å². The number of fused-ring (bicyclic) bond motifs is 1. The van der Waals surface area contributed by atoms with Gasteiger partial charge in [-0.3, -0.25) is 14.3 Å². The molecule has 1 aliphatic rings. The molecular weight excluding hydrogens is 449 g/mol. The molecule has 0 saturated carbocycles. The molecule has 1 N–H and O–H groups in total. The Balaban J connectivity index is 1.31. The maximum atomic E-state index is 13.6. The Labute approximate surface area is 202 Å². The molecule has 3 aromatic carbocycles. The quantitative estimate of drug-likeness (QED) is 0.369. The van der Waals surface area contributed by atoms with Crippen molar-refractivity contribution in [3.63, 3.8) is 0 Å². The van der Waals surface area contributed by atoms with Gasteiger partial charge in [0.2, 0.25) is 5.91 Å². The van der Waals surface area contributed by atoms with Gasteiger partial charge in [-0.1, -0.05) is 48.5 Å². The van der Waals surface area contributed by atoms with Gasteiger partial charge in [0.25, 0.3) is 0 Å². The molecule has 8 heteroatoms. The summed E-state index contributed by atoms with van der Waals surface area (Å²) in [5, 5.41) is 14.6. The number of nitrogens with one attached hydrogen (secondary N) is 1. The highest BCUT2D eigenvalue weighted by atomic mass is 32.2. The number of nitrogens with zero attached hydrogens (tertiary/aromatic N) is 4. The summed E-state index contributed by atoms with van der Waals surface area (Å²) in [6, 6.07) is 20.2. The summed E-state index contributed by atoms with van der Waals surface area (Å²) in [5.74, 6) is 0.575. The Morgan fingerprint density at radius 1 is 0.941 bits per heavy atom. The number of hydrogen-bond donors (Lipinski definition) is 1. The topological polar surface area (TPSA) is 63.1 Å². The summed E-state index contributed by atoms with van der Waals surface area (Å²) in [6.07, 6.45) is 3.62. The normalized spacial score (nSPS) is 14.4. The molecule has 0 aliphatic carbocycles. The number of hydrogen-bond acceptors (Lipinski definition) is 5. The third-order valence-corrected chi connectivity index (χ3v) is 6.89. The molecule has 0 radical (unpaired) electrons. The lowest BCUT2D eigenvalue weighted by molar-refractivity contribution is -0.113. The number of anilines is 1. The van der Waals surface area contributed by atoms with E-state index in [1.165, 1.54) is 43.2 Å². The van der Waals surface area contributed by atoms with Gasteiger partial charge in [-0.2, -0.15) is 0 Å². The zero-order valence-electron chi connectivity index (χ0n) is 18.8. The van der Waals surface area contributed by atoms with Crippen LogP contribution in [0.25, 0.3) is 16.5 Å². The van der Waals surface area contributed by atoms with Crippen molar-refractivity contribution in [3.05, 3.63) is 78.4 Å². The smallest absolute Gasteiger partial charge is 0.234 e. The highest BCUT2D eigenvalue weighted by molar-refractivity contribution is 7.99. The van der Waals surface area contributed by atoms with Crippen LogP contribution in [0.3, 0.4) is 0 Å². The van der Waals surface area contributed by atoms with E-state index in [-0.39, 0.29) is 17.5 Å². The fourth-order valence-corrected chi connectivity index (χ4v) is 5.03. The summed E-state index contributed by atoms with van der Waals surface area (Å²) in [5.41, 5.74) is 1.55. The van der Waals surface area contributed by atoms with Crippen LogP contribution in [0.4, 0.5) is 10.1 Å². The Morgan fingerprint density at radius 2 is 1.71 bits per heavy atom. The number of benzene rings is 3. The van der Waals surface area contributed by atoms with Crippen LogP contribution in [0.5, 0.6) is 0 Å². The molecule has 1 saturated heterocycles. The van der Waals surface area contributed by atoms with E-state index in [4.69, 9.17) is 0 Å². The Kier molecular flexibility index (Phi) is 6.87. The van der Waals surface area contributed by atoms with Crippen LogP contribution < -0.4 is 5.32 Å². The molecule has 1 amide bonds. The molecule has 5 rings (SSSR count). The fourth-order valence-electron chi connectivity index (χ4n) is 4.26. The summed E-state index contributed by atoms with van der Waals surface area (Å²) in [6.45, 7) is 2.74. The molecule has 1 aliphatic heterocycles. The van der Waals surface area contributed by atoms with Crippen LogP contribution in [0.1, 0.15) is 25.1 Å². The second-order valence-corrected chi connectivity index (χ2v) is 9.39. The molecule has 34 heavy (non-hydrogen) atoms. The minimum atomic E-state index is -0.293. The Hall–Kier alpha value is -3.23. The Bertz CT molecular complexity index is 1280. The van der Waals surface area contributed by atoms with Gasteiger partial charge in [-0.15, -0.1) is 10.2 Å². The molecule has 174 valence electrons. The van der Waals surface area contributed by atoms with Crippen molar-refractivity contribution in [3.8, 4) is 5.69 Å². The molecule has 4 aromatic rings. The molecule has 1 aromatic heterocycles. The van der Waals surface area contributed by atoms with E-state index < -0.39 is 0 Å². The van der Waals surface area contributed by atoms with Crippen LogP contribution in [0, 0.1) is 5.82 Å². The van der Waals surface area contributed by atoms with E-state index in [1.54, 1.807) is 12.1 Å². The lowest BCUT2D eigenvalue weighted by Crippen LogP contribution is -2.30. The first-order chi connectivity index (χ1) is 16.7. The highest BCUT2D eigenvalue weighted by Crippen LogP contribution is 2.25. The lowest BCUT2D eigenvalue weighted by atomic mass is 10.1. The molecule has 2 heterocycles. The van der Waals surface area contributed by atoms with Gasteiger partial charge in [0.1, 0.15) is 5.82 Å². The number of carbonyl (C=O) groups excluding carboxylic acids is 1.